The fraction of sp³-hybridized carbons (Fsp3) is 0.200. The second kappa shape index (κ2) is 5.81. The molecular formula is C15H14N4O3S. The lowest BCUT2D eigenvalue weighted by atomic mass is 10.2. The van der Waals surface area contributed by atoms with Gasteiger partial charge in [-0.15, -0.1) is 11.3 Å². The molecular weight excluding hydrogens is 316 g/mol. The standard InChI is InChI=1S/C15H14N4O3S/c1-8-9(2)23-15-13(8)14(16-7-17-15)18-11-5-4-10(22-3)6-12(11)19(20)21/h4-7H,1-3H3,(H,16,17,18). The first kappa shape index (κ1) is 15.2. The number of nitro groups is 1. The number of anilines is 2. The molecule has 0 bridgehead atoms. The van der Waals surface area contributed by atoms with Crippen LogP contribution in [0.4, 0.5) is 17.2 Å². The fourth-order valence-corrected chi connectivity index (χ4v) is 3.30. The Bertz CT molecular complexity index is 907. The van der Waals surface area contributed by atoms with E-state index in [1.54, 1.807) is 23.5 Å². The molecule has 8 heteroatoms. The highest BCUT2D eigenvalue weighted by Gasteiger charge is 2.18. The summed E-state index contributed by atoms with van der Waals surface area (Å²) in [5.74, 6) is 0.989. The second-order valence-corrected chi connectivity index (χ2v) is 6.15. The number of hydrogen-bond acceptors (Lipinski definition) is 7. The zero-order valence-electron chi connectivity index (χ0n) is 12.8. The Balaban J connectivity index is 2.11. The molecule has 118 valence electrons. The number of fused-ring (bicyclic) bond motifs is 1. The summed E-state index contributed by atoms with van der Waals surface area (Å²) in [5, 5.41) is 15.2. The summed E-state index contributed by atoms with van der Waals surface area (Å²) in [6.07, 6.45) is 1.45. The van der Waals surface area contributed by atoms with Gasteiger partial charge >= 0.3 is 0 Å². The average Bonchev–Trinajstić information content (AvgIpc) is 2.83. The molecule has 1 N–H and O–H groups in total. The van der Waals surface area contributed by atoms with E-state index in [0.29, 0.717) is 17.3 Å². The molecule has 0 saturated carbocycles. The summed E-state index contributed by atoms with van der Waals surface area (Å²) in [6, 6.07) is 4.66. The number of hydrogen-bond donors (Lipinski definition) is 1. The zero-order valence-corrected chi connectivity index (χ0v) is 13.6. The maximum absolute atomic E-state index is 11.3. The van der Waals surface area contributed by atoms with Crippen molar-refractivity contribution in [1.82, 2.24) is 9.97 Å². The van der Waals surface area contributed by atoms with Gasteiger partial charge in [-0.3, -0.25) is 10.1 Å². The molecule has 2 aromatic heterocycles. The first-order chi connectivity index (χ1) is 11.0. The molecule has 0 unspecified atom stereocenters. The number of aryl methyl sites for hydroxylation is 2. The van der Waals surface area contributed by atoms with Crippen molar-refractivity contribution in [2.24, 2.45) is 0 Å². The van der Waals surface area contributed by atoms with Crippen molar-refractivity contribution < 1.29 is 9.66 Å². The van der Waals surface area contributed by atoms with Gasteiger partial charge in [0.05, 0.1) is 23.5 Å². The third kappa shape index (κ3) is 2.68. The van der Waals surface area contributed by atoms with Crippen molar-refractivity contribution in [2.75, 3.05) is 12.4 Å². The molecule has 0 radical (unpaired) electrons. The van der Waals surface area contributed by atoms with Crippen molar-refractivity contribution >= 4 is 38.7 Å². The predicted octanol–water partition coefficient (Wildman–Crippen LogP) is 3.97. The van der Waals surface area contributed by atoms with Crippen LogP contribution in [0, 0.1) is 24.0 Å². The smallest absolute Gasteiger partial charge is 0.296 e. The van der Waals surface area contributed by atoms with Crippen LogP contribution in [0.25, 0.3) is 10.2 Å². The number of rotatable bonds is 4. The Hall–Kier alpha value is -2.74. The highest BCUT2D eigenvalue weighted by Crippen LogP contribution is 2.36. The molecule has 0 saturated heterocycles. The van der Waals surface area contributed by atoms with Crippen LogP contribution in [0.1, 0.15) is 10.4 Å². The lowest BCUT2D eigenvalue weighted by Crippen LogP contribution is -2.00. The summed E-state index contributed by atoms with van der Waals surface area (Å²) in [7, 11) is 1.47. The largest absolute Gasteiger partial charge is 0.496 e. The number of thiophene rings is 1. The van der Waals surface area contributed by atoms with Gasteiger partial charge in [0, 0.05) is 4.88 Å². The number of benzene rings is 1. The van der Waals surface area contributed by atoms with E-state index in [2.05, 4.69) is 15.3 Å². The van der Waals surface area contributed by atoms with E-state index < -0.39 is 4.92 Å². The molecule has 0 amide bonds. The number of nitrogens with zero attached hydrogens (tertiary/aromatic N) is 3. The summed E-state index contributed by atoms with van der Waals surface area (Å²) in [4.78, 5) is 21.4. The van der Waals surface area contributed by atoms with Crippen LogP contribution < -0.4 is 10.1 Å². The third-order valence-corrected chi connectivity index (χ3v) is 4.74. The summed E-state index contributed by atoms with van der Waals surface area (Å²) in [5.41, 5.74) is 1.36. The number of methoxy groups -OCH3 is 1. The minimum Gasteiger partial charge on any atom is -0.496 e. The van der Waals surface area contributed by atoms with Crippen LogP contribution in [0.5, 0.6) is 5.75 Å². The maximum atomic E-state index is 11.3. The van der Waals surface area contributed by atoms with E-state index in [4.69, 9.17) is 4.74 Å². The Morgan fingerprint density at radius 3 is 2.78 bits per heavy atom. The molecule has 2 heterocycles. The molecule has 23 heavy (non-hydrogen) atoms. The molecule has 0 atom stereocenters. The highest BCUT2D eigenvalue weighted by atomic mass is 32.1. The molecule has 0 spiro atoms. The van der Waals surface area contributed by atoms with Gasteiger partial charge in [0.1, 0.15) is 28.4 Å². The van der Waals surface area contributed by atoms with Crippen molar-refractivity contribution in [3.8, 4) is 5.75 Å². The van der Waals surface area contributed by atoms with E-state index in [-0.39, 0.29) is 5.69 Å². The Kier molecular flexibility index (Phi) is 3.83. The zero-order chi connectivity index (χ0) is 16.6. The summed E-state index contributed by atoms with van der Waals surface area (Å²) >= 11 is 1.58. The molecule has 0 aliphatic rings. The molecule has 0 aliphatic heterocycles. The Morgan fingerprint density at radius 1 is 1.30 bits per heavy atom. The molecule has 3 aromatic rings. The van der Waals surface area contributed by atoms with Crippen LogP contribution in [-0.4, -0.2) is 22.0 Å². The number of nitro benzene ring substituents is 1. The van der Waals surface area contributed by atoms with Crippen molar-refractivity contribution in [1.29, 1.82) is 0 Å². The number of aromatic nitrogens is 2. The van der Waals surface area contributed by atoms with Crippen LogP contribution >= 0.6 is 11.3 Å². The molecule has 3 rings (SSSR count). The van der Waals surface area contributed by atoms with Gasteiger partial charge in [-0.1, -0.05) is 0 Å². The molecule has 0 aliphatic carbocycles. The van der Waals surface area contributed by atoms with Gasteiger partial charge in [0.15, 0.2) is 0 Å². The minimum absolute atomic E-state index is 0.0688. The van der Waals surface area contributed by atoms with Crippen LogP contribution in [0.2, 0.25) is 0 Å². The van der Waals surface area contributed by atoms with E-state index in [0.717, 1.165) is 20.7 Å². The lowest BCUT2D eigenvalue weighted by Gasteiger charge is -2.09. The van der Waals surface area contributed by atoms with E-state index in [9.17, 15) is 10.1 Å². The highest BCUT2D eigenvalue weighted by molar-refractivity contribution is 7.18. The molecule has 7 nitrogen and oxygen atoms in total. The third-order valence-electron chi connectivity index (χ3n) is 3.62. The number of ether oxygens (including phenoxy) is 1. The summed E-state index contributed by atoms with van der Waals surface area (Å²) in [6.45, 7) is 4.01. The SMILES string of the molecule is COc1ccc(Nc2ncnc3sc(C)c(C)c23)c([N+](=O)[O-])c1. The van der Waals surface area contributed by atoms with E-state index in [1.165, 1.54) is 19.5 Å². The first-order valence-electron chi connectivity index (χ1n) is 6.81. The van der Waals surface area contributed by atoms with Gasteiger partial charge in [-0.05, 0) is 31.5 Å². The van der Waals surface area contributed by atoms with Crippen LogP contribution in [0.3, 0.4) is 0 Å². The Morgan fingerprint density at radius 2 is 2.09 bits per heavy atom. The van der Waals surface area contributed by atoms with Gasteiger partial charge in [-0.2, -0.15) is 0 Å². The fourth-order valence-electron chi connectivity index (χ4n) is 2.30. The molecule has 1 aromatic carbocycles. The van der Waals surface area contributed by atoms with Gasteiger partial charge in [0.2, 0.25) is 0 Å². The van der Waals surface area contributed by atoms with Crippen molar-refractivity contribution in [3.63, 3.8) is 0 Å². The van der Waals surface area contributed by atoms with Gasteiger partial charge in [0.25, 0.3) is 5.69 Å². The van der Waals surface area contributed by atoms with Crippen molar-refractivity contribution in [2.45, 2.75) is 13.8 Å². The minimum atomic E-state index is -0.449. The lowest BCUT2D eigenvalue weighted by molar-refractivity contribution is -0.384. The maximum Gasteiger partial charge on any atom is 0.296 e. The number of nitrogens with one attached hydrogen (secondary N) is 1. The van der Waals surface area contributed by atoms with E-state index >= 15 is 0 Å². The Labute approximate surface area is 136 Å². The average molecular weight is 330 g/mol. The predicted molar refractivity (Wildman–Crippen MR) is 89.8 cm³/mol. The first-order valence-corrected chi connectivity index (χ1v) is 7.63. The topological polar surface area (TPSA) is 90.2 Å². The van der Waals surface area contributed by atoms with Crippen LogP contribution in [-0.2, 0) is 0 Å². The monoisotopic (exact) mass is 330 g/mol. The molecule has 0 fully saturated rings. The second-order valence-electron chi connectivity index (χ2n) is 4.95. The van der Waals surface area contributed by atoms with E-state index in [1.807, 2.05) is 13.8 Å². The van der Waals surface area contributed by atoms with Crippen LogP contribution in [0.15, 0.2) is 24.5 Å². The van der Waals surface area contributed by atoms with Gasteiger partial charge in [-0.25, -0.2) is 9.97 Å². The normalized spacial score (nSPS) is 10.7. The quantitative estimate of drug-likeness (QED) is 0.575. The van der Waals surface area contributed by atoms with Gasteiger partial charge < -0.3 is 10.1 Å². The summed E-state index contributed by atoms with van der Waals surface area (Å²) < 4.78 is 5.05. The van der Waals surface area contributed by atoms with Crippen molar-refractivity contribution in [3.05, 3.63) is 45.1 Å².